The Morgan fingerprint density at radius 1 is 1.08 bits per heavy atom. The Bertz CT molecular complexity index is 1430. The van der Waals surface area contributed by atoms with Crippen molar-refractivity contribution in [3.8, 4) is 5.75 Å². The summed E-state index contributed by atoms with van der Waals surface area (Å²) < 4.78 is 38.5. The minimum absolute atomic E-state index is 0.0848. The van der Waals surface area contributed by atoms with Gasteiger partial charge in [-0.25, -0.2) is 13.2 Å². The molecule has 0 aromatic heterocycles. The Hall–Kier alpha value is -3.56. The van der Waals surface area contributed by atoms with Crippen molar-refractivity contribution in [2.45, 2.75) is 25.2 Å². The van der Waals surface area contributed by atoms with Gasteiger partial charge in [-0.2, -0.15) is 0 Å². The van der Waals surface area contributed by atoms with Crippen LogP contribution >= 0.6 is 11.6 Å². The number of nitrogens with zero attached hydrogens (tertiary/aromatic N) is 1. The first kappa shape index (κ1) is 25.5. The Kier molecular flexibility index (Phi) is 7.23. The molecule has 1 N–H and O–H groups in total. The maximum absolute atomic E-state index is 13.4. The fourth-order valence-electron chi connectivity index (χ4n) is 4.15. The van der Waals surface area contributed by atoms with Gasteiger partial charge in [0.25, 0.3) is 15.9 Å². The van der Waals surface area contributed by atoms with Crippen molar-refractivity contribution in [3.63, 3.8) is 0 Å². The summed E-state index contributed by atoms with van der Waals surface area (Å²) in [7, 11) is -2.59. The molecule has 0 unspecified atom stereocenters. The van der Waals surface area contributed by atoms with Crippen LogP contribution in [0.5, 0.6) is 5.75 Å². The summed E-state index contributed by atoms with van der Waals surface area (Å²) in [6, 6.07) is 14.8. The number of carbonyl (C=O) groups excluding carboxylic acids is 2. The van der Waals surface area contributed by atoms with E-state index in [1.165, 1.54) is 29.6 Å². The van der Waals surface area contributed by atoms with Gasteiger partial charge in [-0.3, -0.25) is 9.10 Å². The van der Waals surface area contributed by atoms with Crippen LogP contribution in [0.3, 0.4) is 0 Å². The van der Waals surface area contributed by atoms with Gasteiger partial charge >= 0.3 is 5.97 Å². The molecule has 1 amide bonds. The molecule has 0 radical (unpaired) electrons. The summed E-state index contributed by atoms with van der Waals surface area (Å²) in [5, 5.41) is 3.01. The van der Waals surface area contributed by atoms with Gasteiger partial charge in [0.1, 0.15) is 11.3 Å². The number of ether oxygens (including phenoxy) is 2. The van der Waals surface area contributed by atoms with Crippen molar-refractivity contribution in [2.75, 3.05) is 29.9 Å². The van der Waals surface area contributed by atoms with Gasteiger partial charge in [0.2, 0.25) is 0 Å². The molecule has 3 aromatic rings. The zero-order chi connectivity index (χ0) is 26.0. The van der Waals surface area contributed by atoms with Gasteiger partial charge in [-0.05, 0) is 67.3 Å². The number of esters is 1. The highest BCUT2D eigenvalue weighted by Gasteiger charge is 2.32. The third-order valence-corrected chi connectivity index (χ3v) is 7.96. The van der Waals surface area contributed by atoms with E-state index in [0.29, 0.717) is 29.4 Å². The van der Waals surface area contributed by atoms with Crippen LogP contribution in [0.1, 0.15) is 27.0 Å². The molecular formula is C26H25ClN2O6S. The van der Waals surface area contributed by atoms with Gasteiger partial charge in [-0.15, -0.1) is 0 Å². The van der Waals surface area contributed by atoms with Crippen LogP contribution < -0.4 is 14.4 Å². The molecule has 8 nitrogen and oxygen atoms in total. The van der Waals surface area contributed by atoms with Crippen molar-refractivity contribution in [2.24, 2.45) is 0 Å². The van der Waals surface area contributed by atoms with Crippen molar-refractivity contribution in [1.29, 1.82) is 0 Å². The first-order valence-electron chi connectivity index (χ1n) is 11.1. The summed E-state index contributed by atoms with van der Waals surface area (Å²) >= 11 is 6.22. The molecule has 1 aliphatic heterocycles. The normalized spacial score (nSPS) is 12.7. The number of benzene rings is 3. The highest BCUT2D eigenvalue weighted by molar-refractivity contribution is 7.92. The number of hydrogen-bond donors (Lipinski definition) is 1. The SMILES string of the molecule is COc1ccc(S(=O)(=O)N2CCc3ccccc32)cc1C(=O)OCC(=O)Nc1c(C)cc(C)cc1Cl. The maximum Gasteiger partial charge on any atom is 0.342 e. The smallest absolute Gasteiger partial charge is 0.342 e. The second kappa shape index (κ2) is 10.2. The van der Waals surface area contributed by atoms with Crippen molar-refractivity contribution >= 4 is 44.9 Å². The molecule has 10 heteroatoms. The largest absolute Gasteiger partial charge is 0.496 e. The number of fused-ring (bicyclic) bond motifs is 1. The van der Waals surface area contributed by atoms with E-state index in [1.807, 2.05) is 25.1 Å². The molecule has 0 saturated carbocycles. The standard InChI is InChI=1S/C26H25ClN2O6S/c1-16-12-17(2)25(21(27)13-16)28-24(30)15-35-26(31)20-14-19(8-9-23(20)34-3)36(32,33)29-11-10-18-6-4-5-7-22(18)29/h4-9,12-14H,10-11,15H2,1-3H3,(H,28,30). The second-order valence-corrected chi connectivity index (χ2v) is 10.7. The van der Waals surface area contributed by atoms with E-state index in [2.05, 4.69) is 5.32 Å². The molecule has 0 saturated heterocycles. The van der Waals surface area contributed by atoms with E-state index < -0.39 is 28.5 Å². The lowest BCUT2D eigenvalue weighted by molar-refractivity contribution is -0.119. The Morgan fingerprint density at radius 3 is 2.56 bits per heavy atom. The summed E-state index contributed by atoms with van der Waals surface area (Å²) in [5.41, 5.74) is 3.58. The maximum atomic E-state index is 13.4. The lowest BCUT2D eigenvalue weighted by atomic mass is 10.1. The predicted molar refractivity (Wildman–Crippen MR) is 138 cm³/mol. The molecule has 4 rings (SSSR count). The van der Waals surface area contributed by atoms with E-state index in [9.17, 15) is 18.0 Å². The lowest BCUT2D eigenvalue weighted by Crippen LogP contribution is -2.29. The van der Waals surface area contributed by atoms with Crippen LogP contribution in [0, 0.1) is 13.8 Å². The third-order valence-electron chi connectivity index (χ3n) is 5.85. The van der Waals surface area contributed by atoms with Gasteiger partial charge in [-0.1, -0.05) is 35.9 Å². The molecular weight excluding hydrogens is 504 g/mol. The molecule has 1 heterocycles. The van der Waals surface area contributed by atoms with Crippen molar-refractivity contribution < 1.29 is 27.5 Å². The average molecular weight is 529 g/mol. The van der Waals surface area contributed by atoms with Gasteiger partial charge in [0.15, 0.2) is 6.61 Å². The molecule has 0 fully saturated rings. The van der Waals surface area contributed by atoms with E-state index >= 15 is 0 Å². The molecule has 0 spiro atoms. The highest BCUT2D eigenvalue weighted by Crippen LogP contribution is 2.34. The quantitative estimate of drug-likeness (QED) is 0.453. The fourth-order valence-corrected chi connectivity index (χ4v) is 6.05. The minimum atomic E-state index is -3.94. The average Bonchev–Trinajstić information content (AvgIpc) is 3.29. The first-order chi connectivity index (χ1) is 17.1. The second-order valence-electron chi connectivity index (χ2n) is 8.38. The Balaban J connectivity index is 1.52. The van der Waals surface area contributed by atoms with Crippen LogP contribution in [0.4, 0.5) is 11.4 Å². The summed E-state index contributed by atoms with van der Waals surface area (Å²) in [5.74, 6) is -1.36. The molecule has 3 aromatic carbocycles. The number of hydrogen-bond acceptors (Lipinski definition) is 6. The number of sulfonamides is 1. The molecule has 36 heavy (non-hydrogen) atoms. The van der Waals surface area contributed by atoms with Gasteiger partial charge < -0.3 is 14.8 Å². The van der Waals surface area contributed by atoms with Crippen LogP contribution in [0.2, 0.25) is 5.02 Å². The zero-order valence-corrected chi connectivity index (χ0v) is 21.6. The Labute approximate surface area is 214 Å². The molecule has 0 bridgehead atoms. The Morgan fingerprint density at radius 2 is 1.83 bits per heavy atom. The van der Waals surface area contributed by atoms with Crippen LogP contribution in [-0.4, -0.2) is 40.6 Å². The predicted octanol–water partition coefficient (Wildman–Crippen LogP) is 4.51. The van der Waals surface area contributed by atoms with Crippen LogP contribution in [0.15, 0.2) is 59.5 Å². The number of para-hydroxylation sites is 1. The number of methoxy groups -OCH3 is 1. The highest BCUT2D eigenvalue weighted by atomic mass is 35.5. The van der Waals surface area contributed by atoms with Crippen LogP contribution in [-0.2, 0) is 26.0 Å². The number of rotatable bonds is 7. The number of aryl methyl sites for hydroxylation is 2. The van der Waals surface area contributed by atoms with Crippen LogP contribution in [0.25, 0.3) is 0 Å². The number of amides is 1. The third kappa shape index (κ3) is 5.03. The summed E-state index contributed by atoms with van der Waals surface area (Å²) in [6.45, 7) is 3.39. The minimum Gasteiger partial charge on any atom is -0.496 e. The summed E-state index contributed by atoms with van der Waals surface area (Å²) in [6.07, 6.45) is 0.597. The number of anilines is 2. The topological polar surface area (TPSA) is 102 Å². The first-order valence-corrected chi connectivity index (χ1v) is 13.0. The molecule has 0 aliphatic carbocycles. The van der Waals surface area contributed by atoms with Gasteiger partial charge in [0, 0.05) is 6.54 Å². The van der Waals surface area contributed by atoms with E-state index in [-0.39, 0.29) is 16.2 Å². The van der Waals surface area contributed by atoms with E-state index in [0.717, 1.165) is 16.7 Å². The fraction of sp³-hybridized carbons (Fsp3) is 0.231. The number of carbonyl (C=O) groups is 2. The van der Waals surface area contributed by atoms with E-state index in [1.54, 1.807) is 25.1 Å². The van der Waals surface area contributed by atoms with Gasteiger partial charge in [0.05, 0.1) is 28.4 Å². The molecule has 188 valence electrons. The van der Waals surface area contributed by atoms with Crippen molar-refractivity contribution in [3.05, 3.63) is 81.9 Å². The number of halogens is 1. The lowest BCUT2D eigenvalue weighted by Gasteiger charge is -2.20. The number of nitrogens with one attached hydrogen (secondary N) is 1. The zero-order valence-electron chi connectivity index (χ0n) is 20.0. The van der Waals surface area contributed by atoms with E-state index in [4.69, 9.17) is 21.1 Å². The van der Waals surface area contributed by atoms with Crippen molar-refractivity contribution in [1.82, 2.24) is 0 Å². The molecule has 1 aliphatic rings. The summed E-state index contributed by atoms with van der Waals surface area (Å²) in [4.78, 5) is 25.2. The molecule has 0 atom stereocenters. The monoisotopic (exact) mass is 528 g/mol.